The van der Waals surface area contributed by atoms with Crippen molar-refractivity contribution < 1.29 is 4.79 Å². The first-order valence-corrected chi connectivity index (χ1v) is 10.3. The summed E-state index contributed by atoms with van der Waals surface area (Å²) in [7, 11) is 0. The van der Waals surface area contributed by atoms with Crippen molar-refractivity contribution in [2.24, 2.45) is 0 Å². The molecule has 5 nitrogen and oxygen atoms in total. The lowest BCUT2D eigenvalue weighted by Crippen LogP contribution is -2.22. The summed E-state index contributed by atoms with van der Waals surface area (Å²) in [5, 5.41) is 15.0. The number of amides is 1. The first kappa shape index (κ1) is 19.4. The first-order valence-electron chi connectivity index (χ1n) is 8.62. The number of carbonyl (C=O) groups excluding carboxylic acids is 1. The van der Waals surface area contributed by atoms with Gasteiger partial charge in [-0.15, -0.1) is 10.2 Å². The molecule has 3 aromatic rings. The zero-order valence-electron chi connectivity index (χ0n) is 15.7. The molecule has 0 aliphatic carbocycles. The third-order valence-electron chi connectivity index (χ3n) is 3.96. The van der Waals surface area contributed by atoms with E-state index in [1.807, 2.05) is 64.1 Å². The quantitative estimate of drug-likeness (QED) is 0.550. The molecule has 1 heterocycles. The van der Waals surface area contributed by atoms with Gasteiger partial charge in [0.15, 0.2) is 4.34 Å². The van der Waals surface area contributed by atoms with Gasteiger partial charge in [0, 0.05) is 11.4 Å². The minimum Gasteiger partial charge on any atom is -0.330 e. The molecule has 7 heteroatoms. The minimum atomic E-state index is -0.273. The van der Waals surface area contributed by atoms with Crippen LogP contribution in [0.2, 0.25) is 0 Å². The molecule has 0 fully saturated rings. The molecule has 0 unspecified atom stereocenters. The molecule has 0 spiro atoms. The van der Waals surface area contributed by atoms with Crippen LogP contribution in [0.25, 0.3) is 0 Å². The fraction of sp³-hybridized carbons (Fsp3) is 0.250. The van der Waals surface area contributed by atoms with Crippen LogP contribution in [0.3, 0.4) is 0 Å². The number of hydrogen-bond acceptors (Lipinski definition) is 6. The lowest BCUT2D eigenvalue weighted by atomic mass is 10.1. The second kappa shape index (κ2) is 8.54. The van der Waals surface area contributed by atoms with E-state index < -0.39 is 0 Å². The monoisotopic (exact) mass is 398 g/mol. The van der Waals surface area contributed by atoms with Crippen LogP contribution in [0, 0.1) is 20.8 Å². The van der Waals surface area contributed by atoms with Crippen molar-refractivity contribution in [2.75, 3.05) is 10.6 Å². The zero-order valence-corrected chi connectivity index (χ0v) is 17.4. The second-order valence-electron chi connectivity index (χ2n) is 6.44. The average molecular weight is 399 g/mol. The first-order chi connectivity index (χ1) is 12.9. The van der Waals surface area contributed by atoms with Crippen LogP contribution in [0.4, 0.5) is 16.5 Å². The summed E-state index contributed by atoms with van der Waals surface area (Å²) in [4.78, 5) is 12.5. The van der Waals surface area contributed by atoms with Gasteiger partial charge in [-0.05, 0) is 57.0 Å². The van der Waals surface area contributed by atoms with E-state index in [0.29, 0.717) is 5.13 Å². The van der Waals surface area contributed by atoms with E-state index in [0.717, 1.165) is 21.3 Å². The van der Waals surface area contributed by atoms with Gasteiger partial charge in [-0.25, -0.2) is 0 Å². The Hall–Kier alpha value is -2.38. The van der Waals surface area contributed by atoms with E-state index >= 15 is 0 Å². The van der Waals surface area contributed by atoms with Gasteiger partial charge in [0.2, 0.25) is 11.0 Å². The summed E-state index contributed by atoms with van der Waals surface area (Å²) in [5.41, 5.74) is 5.23. The maximum atomic E-state index is 12.5. The van der Waals surface area contributed by atoms with Crippen LogP contribution < -0.4 is 10.6 Å². The Balaban J connectivity index is 1.59. The van der Waals surface area contributed by atoms with Crippen molar-refractivity contribution in [3.63, 3.8) is 0 Å². The smallest absolute Gasteiger partial charge is 0.237 e. The van der Waals surface area contributed by atoms with Gasteiger partial charge in [0.1, 0.15) is 0 Å². The molecular formula is C20H22N4OS2. The number of benzene rings is 2. The highest BCUT2D eigenvalue weighted by Crippen LogP contribution is 2.31. The predicted octanol–water partition coefficient (Wildman–Crippen LogP) is 5.33. The summed E-state index contributed by atoms with van der Waals surface area (Å²) in [6, 6.07) is 14.1. The number of anilines is 3. The van der Waals surface area contributed by atoms with E-state index in [1.165, 1.54) is 34.2 Å². The highest BCUT2D eigenvalue weighted by Gasteiger charge is 2.18. The number of hydrogen-bond donors (Lipinski definition) is 2. The molecule has 1 amide bonds. The number of thioether (sulfide) groups is 1. The Morgan fingerprint density at radius 1 is 1.07 bits per heavy atom. The van der Waals surface area contributed by atoms with Crippen molar-refractivity contribution in [1.29, 1.82) is 0 Å². The summed E-state index contributed by atoms with van der Waals surface area (Å²) >= 11 is 2.85. The molecular weight excluding hydrogens is 376 g/mol. The Kier molecular flexibility index (Phi) is 6.13. The number of aromatic nitrogens is 2. The van der Waals surface area contributed by atoms with Crippen LogP contribution >= 0.6 is 23.1 Å². The van der Waals surface area contributed by atoms with E-state index in [9.17, 15) is 4.79 Å². The third-order valence-corrected chi connectivity index (χ3v) is 5.99. The van der Waals surface area contributed by atoms with Crippen molar-refractivity contribution in [3.05, 3.63) is 59.2 Å². The maximum absolute atomic E-state index is 12.5. The van der Waals surface area contributed by atoms with Crippen LogP contribution in [-0.4, -0.2) is 21.4 Å². The fourth-order valence-corrected chi connectivity index (χ4v) is 4.46. The van der Waals surface area contributed by atoms with E-state index in [-0.39, 0.29) is 11.2 Å². The van der Waals surface area contributed by atoms with Crippen molar-refractivity contribution in [3.8, 4) is 0 Å². The molecule has 140 valence electrons. The predicted molar refractivity (Wildman–Crippen MR) is 114 cm³/mol. The van der Waals surface area contributed by atoms with Crippen molar-refractivity contribution >= 4 is 45.5 Å². The van der Waals surface area contributed by atoms with E-state index in [1.54, 1.807) is 0 Å². The molecule has 0 radical (unpaired) electrons. The average Bonchev–Trinajstić information content (AvgIpc) is 3.04. The number of nitrogens with one attached hydrogen (secondary N) is 2. The SMILES string of the molecule is Cc1cccc(Nc2nnc(S[C@H](C)C(=O)Nc3ccc(C)cc3C)s2)c1. The summed E-state index contributed by atoms with van der Waals surface area (Å²) in [6.45, 7) is 7.95. The van der Waals surface area contributed by atoms with Gasteiger partial charge in [-0.2, -0.15) is 0 Å². The van der Waals surface area contributed by atoms with Gasteiger partial charge in [0.25, 0.3) is 0 Å². The van der Waals surface area contributed by atoms with E-state index in [4.69, 9.17) is 0 Å². The summed E-state index contributed by atoms with van der Waals surface area (Å²) in [5.74, 6) is -0.0460. The highest BCUT2D eigenvalue weighted by atomic mass is 32.2. The molecule has 1 aromatic heterocycles. The number of rotatable bonds is 6. The van der Waals surface area contributed by atoms with Gasteiger partial charge in [-0.3, -0.25) is 4.79 Å². The van der Waals surface area contributed by atoms with Crippen molar-refractivity contribution in [2.45, 2.75) is 37.3 Å². The molecule has 0 aliphatic heterocycles. The molecule has 2 aromatic carbocycles. The Morgan fingerprint density at radius 2 is 1.85 bits per heavy atom. The van der Waals surface area contributed by atoms with Crippen LogP contribution in [0.15, 0.2) is 46.8 Å². The van der Waals surface area contributed by atoms with Gasteiger partial charge in [-0.1, -0.05) is 52.9 Å². The molecule has 0 saturated heterocycles. The standard InChI is InChI=1S/C20H22N4OS2/c1-12-6-5-7-16(11-12)21-19-23-24-20(27-19)26-15(4)18(25)22-17-9-8-13(2)10-14(17)3/h5-11,15H,1-4H3,(H,21,23)(H,22,25)/t15-/m1/s1. The molecule has 3 rings (SSSR count). The number of carbonyl (C=O) groups is 1. The fourth-order valence-electron chi connectivity index (χ4n) is 2.55. The molecule has 27 heavy (non-hydrogen) atoms. The second-order valence-corrected chi connectivity index (χ2v) is 9.00. The lowest BCUT2D eigenvalue weighted by molar-refractivity contribution is -0.115. The molecule has 0 saturated carbocycles. The van der Waals surface area contributed by atoms with Crippen LogP contribution in [-0.2, 0) is 4.79 Å². The molecule has 0 aliphatic rings. The van der Waals surface area contributed by atoms with Gasteiger partial charge in [0.05, 0.1) is 5.25 Å². The minimum absolute atomic E-state index is 0.0460. The van der Waals surface area contributed by atoms with Crippen LogP contribution in [0.5, 0.6) is 0 Å². The Labute approximate surface area is 167 Å². The van der Waals surface area contributed by atoms with Gasteiger partial charge < -0.3 is 10.6 Å². The Morgan fingerprint density at radius 3 is 2.59 bits per heavy atom. The van der Waals surface area contributed by atoms with Crippen molar-refractivity contribution in [1.82, 2.24) is 10.2 Å². The third kappa shape index (κ3) is 5.30. The largest absolute Gasteiger partial charge is 0.330 e. The molecule has 0 bridgehead atoms. The number of aryl methyl sites for hydroxylation is 3. The lowest BCUT2D eigenvalue weighted by Gasteiger charge is -2.12. The highest BCUT2D eigenvalue weighted by molar-refractivity contribution is 8.02. The van der Waals surface area contributed by atoms with E-state index in [2.05, 4.69) is 26.9 Å². The topological polar surface area (TPSA) is 66.9 Å². The number of nitrogens with zero attached hydrogens (tertiary/aromatic N) is 2. The Bertz CT molecular complexity index is 955. The summed E-state index contributed by atoms with van der Waals surface area (Å²) < 4.78 is 0.758. The summed E-state index contributed by atoms with van der Waals surface area (Å²) in [6.07, 6.45) is 0. The molecule has 1 atom stereocenters. The van der Waals surface area contributed by atoms with Gasteiger partial charge >= 0.3 is 0 Å². The zero-order chi connectivity index (χ0) is 19.4. The van der Waals surface area contributed by atoms with Crippen LogP contribution in [0.1, 0.15) is 23.6 Å². The normalized spacial score (nSPS) is 11.9. The molecule has 2 N–H and O–H groups in total. The maximum Gasteiger partial charge on any atom is 0.237 e.